The van der Waals surface area contributed by atoms with Crippen LogP contribution in [0, 0.1) is 13.8 Å². The average Bonchev–Trinajstić information content (AvgIpc) is 2.99. The Hall–Kier alpha value is -1.76. The van der Waals surface area contributed by atoms with Gasteiger partial charge in [-0.25, -0.2) is 0 Å². The van der Waals surface area contributed by atoms with Crippen LogP contribution in [0.3, 0.4) is 0 Å². The first-order valence-corrected chi connectivity index (χ1v) is 6.55. The van der Waals surface area contributed by atoms with Crippen molar-refractivity contribution in [2.45, 2.75) is 45.7 Å². The lowest BCUT2D eigenvalue weighted by Gasteiger charge is -2.32. The van der Waals surface area contributed by atoms with E-state index in [0.717, 1.165) is 19.4 Å². The highest BCUT2D eigenvalue weighted by atomic mass is 16.5. The van der Waals surface area contributed by atoms with E-state index < -0.39 is 0 Å². The first-order chi connectivity index (χ1) is 9.22. The Morgan fingerprint density at radius 1 is 1.26 bits per heavy atom. The number of aromatic nitrogens is 4. The van der Waals surface area contributed by atoms with Crippen LogP contribution in [0.25, 0.3) is 0 Å². The Labute approximate surface area is 111 Å². The second kappa shape index (κ2) is 5.08. The van der Waals surface area contributed by atoms with Gasteiger partial charge in [-0.1, -0.05) is 11.6 Å². The van der Waals surface area contributed by atoms with Crippen molar-refractivity contribution in [2.75, 3.05) is 6.54 Å². The molecule has 0 amide bonds. The standard InChI is InChI=1S/C12H17N5O2/c1-8-13-12(19-16-8)10-5-3-4-6-17(10)7-11-15-14-9(2)18-11/h10H,3-7H2,1-2H3. The summed E-state index contributed by atoms with van der Waals surface area (Å²) < 4.78 is 10.8. The predicted octanol–water partition coefficient (Wildman–Crippen LogP) is 1.80. The van der Waals surface area contributed by atoms with Crippen molar-refractivity contribution in [1.29, 1.82) is 0 Å². The molecule has 0 aliphatic carbocycles. The van der Waals surface area contributed by atoms with Crippen molar-refractivity contribution < 1.29 is 8.94 Å². The number of hydrogen-bond donors (Lipinski definition) is 0. The van der Waals surface area contributed by atoms with Gasteiger partial charge in [0.2, 0.25) is 17.7 Å². The molecular weight excluding hydrogens is 246 g/mol. The highest BCUT2D eigenvalue weighted by molar-refractivity contribution is 4.95. The van der Waals surface area contributed by atoms with Gasteiger partial charge < -0.3 is 8.94 Å². The molecule has 19 heavy (non-hydrogen) atoms. The van der Waals surface area contributed by atoms with E-state index in [2.05, 4.69) is 25.2 Å². The topological polar surface area (TPSA) is 81.1 Å². The third-order valence-electron chi connectivity index (χ3n) is 3.35. The second-order valence-corrected chi connectivity index (χ2v) is 4.88. The van der Waals surface area contributed by atoms with E-state index in [0.29, 0.717) is 30.0 Å². The Morgan fingerprint density at radius 2 is 2.16 bits per heavy atom. The van der Waals surface area contributed by atoms with Crippen molar-refractivity contribution in [1.82, 2.24) is 25.2 Å². The van der Waals surface area contributed by atoms with E-state index in [1.807, 2.05) is 6.92 Å². The van der Waals surface area contributed by atoms with Crippen LogP contribution >= 0.6 is 0 Å². The minimum absolute atomic E-state index is 0.155. The first kappa shape index (κ1) is 12.3. The highest BCUT2D eigenvalue weighted by Crippen LogP contribution is 2.30. The van der Waals surface area contributed by atoms with Gasteiger partial charge in [0.05, 0.1) is 12.6 Å². The quantitative estimate of drug-likeness (QED) is 0.835. The lowest BCUT2D eigenvalue weighted by molar-refractivity contribution is 0.101. The maximum Gasteiger partial charge on any atom is 0.243 e. The monoisotopic (exact) mass is 263 g/mol. The van der Waals surface area contributed by atoms with Crippen molar-refractivity contribution in [3.8, 4) is 0 Å². The summed E-state index contributed by atoms with van der Waals surface area (Å²) in [6, 6.07) is 0.155. The van der Waals surface area contributed by atoms with Crippen molar-refractivity contribution in [2.24, 2.45) is 0 Å². The Morgan fingerprint density at radius 3 is 2.84 bits per heavy atom. The smallest absolute Gasteiger partial charge is 0.243 e. The number of nitrogens with zero attached hydrogens (tertiary/aromatic N) is 5. The Balaban J connectivity index is 1.77. The molecule has 102 valence electrons. The van der Waals surface area contributed by atoms with Gasteiger partial charge in [-0.15, -0.1) is 10.2 Å². The molecule has 0 N–H and O–H groups in total. The summed E-state index contributed by atoms with van der Waals surface area (Å²) in [4.78, 5) is 6.61. The fourth-order valence-electron chi connectivity index (χ4n) is 2.48. The van der Waals surface area contributed by atoms with Crippen LogP contribution in [0.15, 0.2) is 8.94 Å². The minimum Gasteiger partial charge on any atom is -0.424 e. The summed E-state index contributed by atoms with van der Waals surface area (Å²) in [6.45, 7) is 5.24. The van der Waals surface area contributed by atoms with Crippen LogP contribution in [0.1, 0.15) is 48.8 Å². The normalized spacial score (nSPS) is 20.8. The molecule has 0 spiro atoms. The van der Waals surface area contributed by atoms with Crippen LogP contribution in [0.2, 0.25) is 0 Å². The molecule has 2 aromatic heterocycles. The summed E-state index contributed by atoms with van der Waals surface area (Å²) in [7, 11) is 0. The molecule has 7 heteroatoms. The van der Waals surface area contributed by atoms with Gasteiger partial charge in [-0.05, 0) is 26.3 Å². The van der Waals surface area contributed by atoms with Crippen LogP contribution in [0.4, 0.5) is 0 Å². The molecule has 2 aromatic rings. The van der Waals surface area contributed by atoms with Gasteiger partial charge in [0.15, 0.2) is 5.82 Å². The highest BCUT2D eigenvalue weighted by Gasteiger charge is 2.29. The van der Waals surface area contributed by atoms with E-state index in [1.54, 1.807) is 6.92 Å². The SMILES string of the molecule is Cc1noc(C2CCCCN2Cc2nnc(C)o2)n1. The summed E-state index contributed by atoms with van der Waals surface area (Å²) in [6.07, 6.45) is 3.36. The van der Waals surface area contributed by atoms with Gasteiger partial charge in [0.25, 0.3) is 0 Å². The van der Waals surface area contributed by atoms with Crippen molar-refractivity contribution >= 4 is 0 Å². The van der Waals surface area contributed by atoms with Crippen LogP contribution in [-0.4, -0.2) is 31.8 Å². The summed E-state index contributed by atoms with van der Waals surface area (Å²) in [5.41, 5.74) is 0. The zero-order chi connectivity index (χ0) is 13.2. The molecule has 0 bridgehead atoms. The molecule has 1 saturated heterocycles. The van der Waals surface area contributed by atoms with Gasteiger partial charge in [0.1, 0.15) is 0 Å². The lowest BCUT2D eigenvalue weighted by Crippen LogP contribution is -2.33. The molecular formula is C12H17N5O2. The van der Waals surface area contributed by atoms with Crippen LogP contribution < -0.4 is 0 Å². The first-order valence-electron chi connectivity index (χ1n) is 6.55. The van der Waals surface area contributed by atoms with E-state index in [9.17, 15) is 0 Å². The molecule has 1 atom stereocenters. The summed E-state index contributed by atoms with van der Waals surface area (Å²) >= 11 is 0. The molecule has 1 aliphatic heterocycles. The maximum absolute atomic E-state index is 5.45. The predicted molar refractivity (Wildman–Crippen MR) is 65.1 cm³/mol. The van der Waals surface area contributed by atoms with Gasteiger partial charge in [-0.3, -0.25) is 4.90 Å². The van der Waals surface area contributed by atoms with Crippen LogP contribution in [-0.2, 0) is 6.54 Å². The van der Waals surface area contributed by atoms with Gasteiger partial charge in [0, 0.05) is 6.92 Å². The van der Waals surface area contributed by atoms with Gasteiger partial charge >= 0.3 is 0 Å². The maximum atomic E-state index is 5.45. The number of piperidine rings is 1. The van der Waals surface area contributed by atoms with Gasteiger partial charge in [-0.2, -0.15) is 4.98 Å². The summed E-state index contributed by atoms with van der Waals surface area (Å²) in [5, 5.41) is 11.8. The second-order valence-electron chi connectivity index (χ2n) is 4.88. The Kier molecular flexibility index (Phi) is 3.29. The molecule has 1 fully saturated rings. The number of aryl methyl sites for hydroxylation is 2. The molecule has 0 saturated carbocycles. The summed E-state index contributed by atoms with van der Waals surface area (Å²) in [5.74, 6) is 2.60. The molecule has 0 radical (unpaired) electrons. The minimum atomic E-state index is 0.155. The fraction of sp³-hybridized carbons (Fsp3) is 0.667. The lowest BCUT2D eigenvalue weighted by atomic mass is 10.0. The molecule has 3 rings (SSSR count). The van der Waals surface area contributed by atoms with Crippen LogP contribution in [0.5, 0.6) is 0 Å². The van der Waals surface area contributed by atoms with Crippen molar-refractivity contribution in [3.63, 3.8) is 0 Å². The fourth-order valence-corrected chi connectivity index (χ4v) is 2.48. The van der Waals surface area contributed by atoms with E-state index >= 15 is 0 Å². The molecule has 7 nitrogen and oxygen atoms in total. The average molecular weight is 263 g/mol. The van der Waals surface area contributed by atoms with E-state index in [1.165, 1.54) is 6.42 Å². The van der Waals surface area contributed by atoms with E-state index in [4.69, 9.17) is 8.94 Å². The number of rotatable bonds is 3. The molecule has 3 heterocycles. The number of hydrogen-bond acceptors (Lipinski definition) is 7. The third-order valence-corrected chi connectivity index (χ3v) is 3.35. The number of likely N-dealkylation sites (tertiary alicyclic amines) is 1. The zero-order valence-electron chi connectivity index (χ0n) is 11.2. The molecule has 1 unspecified atom stereocenters. The largest absolute Gasteiger partial charge is 0.424 e. The molecule has 1 aliphatic rings. The zero-order valence-corrected chi connectivity index (χ0v) is 11.2. The third kappa shape index (κ3) is 2.65. The molecule has 0 aromatic carbocycles. The van der Waals surface area contributed by atoms with Crippen molar-refractivity contribution in [3.05, 3.63) is 23.5 Å². The Bertz CT molecular complexity index is 550. The van der Waals surface area contributed by atoms with E-state index in [-0.39, 0.29) is 6.04 Å².